The van der Waals surface area contributed by atoms with Crippen LogP contribution in [0.4, 0.5) is 0 Å². The minimum absolute atomic E-state index is 0.385. The zero-order chi connectivity index (χ0) is 23.9. The molecule has 0 spiro atoms. The van der Waals surface area contributed by atoms with Gasteiger partial charge in [0.1, 0.15) is 9.57 Å². The van der Waals surface area contributed by atoms with Crippen molar-refractivity contribution in [1.29, 1.82) is 0 Å². The molecule has 7 heteroatoms. The average molecular weight is 533 g/mol. The molecule has 0 atom stereocenters. The minimum Gasteiger partial charge on any atom is -0.508 e. The number of hydrogen-bond acceptors (Lipinski definition) is 6. The van der Waals surface area contributed by atoms with Crippen molar-refractivity contribution in [2.75, 3.05) is 26.2 Å². The average Bonchev–Trinajstić information content (AvgIpc) is 3.21. The van der Waals surface area contributed by atoms with E-state index < -0.39 is 0 Å². The fraction of sp³-hybridized carbons (Fsp3) is 0.444. The molecule has 4 rings (SSSR count). The highest BCUT2D eigenvalue weighted by Gasteiger charge is 2.19. The largest absolute Gasteiger partial charge is 0.508 e. The van der Waals surface area contributed by atoms with Crippen LogP contribution in [-0.2, 0) is 19.5 Å². The lowest BCUT2D eigenvalue weighted by Gasteiger charge is -2.35. The van der Waals surface area contributed by atoms with Gasteiger partial charge in [0.05, 0.1) is 4.88 Å². The molecule has 3 nitrogen and oxygen atoms in total. The Hall–Kier alpha value is -1.28. The summed E-state index contributed by atoms with van der Waals surface area (Å²) in [7, 11) is 3.49. The predicted molar refractivity (Wildman–Crippen MR) is 150 cm³/mol. The van der Waals surface area contributed by atoms with Crippen LogP contribution in [0, 0.1) is 3.82 Å². The zero-order valence-corrected chi connectivity index (χ0v) is 23.0. The van der Waals surface area contributed by atoms with Gasteiger partial charge in [0, 0.05) is 49.9 Å². The maximum Gasteiger partial charge on any atom is 0.120 e. The van der Waals surface area contributed by atoms with E-state index in [1.165, 1.54) is 47.3 Å². The third-order valence-electron chi connectivity index (χ3n) is 6.52. The highest BCUT2D eigenvalue weighted by molar-refractivity contribution is 7.80. The van der Waals surface area contributed by atoms with Crippen LogP contribution < -0.4 is 0 Å². The first-order chi connectivity index (χ1) is 16.5. The lowest BCUT2D eigenvalue weighted by molar-refractivity contribution is 0.121. The molecule has 3 aromatic rings. The molecule has 1 fully saturated rings. The Balaban J connectivity index is 1.38. The van der Waals surface area contributed by atoms with Crippen molar-refractivity contribution >= 4 is 44.5 Å². The van der Waals surface area contributed by atoms with Gasteiger partial charge in [0.25, 0.3) is 0 Å². The van der Waals surface area contributed by atoms with Crippen molar-refractivity contribution < 1.29 is 5.11 Å². The van der Waals surface area contributed by atoms with E-state index in [9.17, 15) is 5.11 Å². The Bertz CT molecular complexity index is 1120. The molecular formula is C27H33ClN2OS3. The molecule has 2 aromatic carbocycles. The molecule has 1 aliphatic rings. The summed E-state index contributed by atoms with van der Waals surface area (Å²) in [5, 5.41) is 11.4. The summed E-state index contributed by atoms with van der Waals surface area (Å²) in [5.74, 6) is 0.385. The summed E-state index contributed by atoms with van der Waals surface area (Å²) in [6, 6.07) is 14.2. The van der Waals surface area contributed by atoms with Crippen LogP contribution in [0.2, 0.25) is 5.02 Å². The van der Waals surface area contributed by atoms with Gasteiger partial charge in [-0.2, -0.15) is 0 Å². The number of phenolic OH excluding ortho intramolecular Hbond substituents is 1. The molecule has 1 saturated heterocycles. The van der Waals surface area contributed by atoms with Crippen molar-refractivity contribution in [3.63, 3.8) is 0 Å². The number of unbranched alkanes of at least 4 members (excludes halogenated alkanes) is 3. The topological polar surface area (TPSA) is 26.7 Å². The molecule has 34 heavy (non-hydrogen) atoms. The first-order valence-electron chi connectivity index (χ1n) is 12.2. The molecule has 1 aliphatic heterocycles. The van der Waals surface area contributed by atoms with Gasteiger partial charge in [-0.15, -0.1) is 0 Å². The monoisotopic (exact) mass is 532 g/mol. The van der Waals surface area contributed by atoms with Crippen LogP contribution in [0.3, 0.4) is 0 Å². The van der Waals surface area contributed by atoms with Gasteiger partial charge in [-0.1, -0.05) is 82.8 Å². The van der Waals surface area contributed by atoms with E-state index in [-0.39, 0.29) is 0 Å². The van der Waals surface area contributed by atoms with Gasteiger partial charge in [-0.05, 0) is 59.9 Å². The van der Waals surface area contributed by atoms with Gasteiger partial charge in [0.2, 0.25) is 0 Å². The van der Waals surface area contributed by atoms with Gasteiger partial charge >= 0.3 is 0 Å². The molecule has 0 radical (unpaired) electrons. The molecule has 0 aliphatic carbocycles. The van der Waals surface area contributed by atoms with Crippen LogP contribution in [0.25, 0.3) is 10.4 Å². The number of rotatable bonds is 10. The number of piperazine rings is 1. The molecule has 0 bridgehead atoms. The van der Waals surface area contributed by atoms with E-state index >= 15 is 0 Å². The molecular weight excluding hydrogens is 500 g/mol. The minimum atomic E-state index is 0.385. The van der Waals surface area contributed by atoms with Gasteiger partial charge in [0.15, 0.2) is 0 Å². The fourth-order valence-electron chi connectivity index (χ4n) is 4.49. The molecule has 0 amide bonds. The lowest BCUT2D eigenvalue weighted by atomic mass is 10.0. The van der Waals surface area contributed by atoms with Crippen molar-refractivity contribution in [2.45, 2.75) is 52.1 Å². The number of aromatic hydroxyl groups is 1. The van der Waals surface area contributed by atoms with Gasteiger partial charge in [-0.3, -0.25) is 9.80 Å². The highest BCUT2D eigenvalue weighted by atomic mass is 35.5. The Labute approximate surface area is 221 Å². The molecule has 0 unspecified atom stereocenters. The van der Waals surface area contributed by atoms with Crippen molar-refractivity contribution in [3.8, 4) is 16.2 Å². The zero-order valence-electron chi connectivity index (χ0n) is 19.8. The second-order valence-electron chi connectivity index (χ2n) is 9.09. The summed E-state index contributed by atoms with van der Waals surface area (Å²) >= 11 is 11.7. The highest BCUT2D eigenvalue weighted by Crippen LogP contribution is 2.37. The Morgan fingerprint density at radius 2 is 1.62 bits per heavy atom. The van der Waals surface area contributed by atoms with E-state index in [4.69, 9.17) is 23.8 Å². The summed E-state index contributed by atoms with van der Waals surface area (Å²) in [4.78, 5) is 6.22. The predicted octanol–water partition coefficient (Wildman–Crippen LogP) is 8.01. The first-order valence-corrected chi connectivity index (χ1v) is 15.1. The van der Waals surface area contributed by atoms with Crippen LogP contribution >= 0.6 is 44.5 Å². The Morgan fingerprint density at radius 1 is 0.912 bits per heavy atom. The first kappa shape index (κ1) is 25.8. The second kappa shape index (κ2) is 12.6. The van der Waals surface area contributed by atoms with E-state index in [2.05, 4.69) is 34.9 Å². The summed E-state index contributed by atoms with van der Waals surface area (Å²) in [5.41, 5.74) is 4.82. The van der Waals surface area contributed by atoms with E-state index in [0.29, 0.717) is 5.75 Å². The van der Waals surface area contributed by atoms with E-state index in [1.807, 2.05) is 24.3 Å². The molecule has 0 saturated carbocycles. The van der Waals surface area contributed by atoms with Gasteiger partial charge in [-0.25, -0.2) is 0 Å². The van der Waals surface area contributed by atoms with Gasteiger partial charge < -0.3 is 5.11 Å². The van der Waals surface area contributed by atoms with Crippen LogP contribution in [0.5, 0.6) is 5.75 Å². The Kier molecular flexibility index (Phi) is 9.57. The van der Waals surface area contributed by atoms with E-state index in [1.54, 1.807) is 20.7 Å². The summed E-state index contributed by atoms with van der Waals surface area (Å²) in [6.07, 6.45) is 6.04. The van der Waals surface area contributed by atoms with Crippen LogP contribution in [0.1, 0.15) is 49.3 Å². The third kappa shape index (κ3) is 6.90. The van der Waals surface area contributed by atoms with Crippen molar-refractivity contribution in [2.24, 2.45) is 0 Å². The maximum absolute atomic E-state index is 10.6. The number of phenols is 1. The quantitative estimate of drug-likeness (QED) is 0.162. The summed E-state index contributed by atoms with van der Waals surface area (Å²) in [6.45, 7) is 8.02. The standard InChI is InChI=1S/C27H33ClN2OS3/c1-2-3-4-5-6-24-26(33-34-27(24)32)21-9-12-25(31)22(17-21)19-30-15-13-29(14-16-30)18-20-7-10-23(28)11-8-20/h7-12,17,31H,2-6,13-16,18-19H2,1H3. The molecule has 2 heterocycles. The third-order valence-corrected chi connectivity index (χ3v) is 9.97. The SMILES string of the molecule is CCCCCCc1c(-c2ccc(O)c(CN3CCN(Cc4ccc(Cl)cc4)CC3)c2)ssc1=S. The fourth-order valence-corrected chi connectivity index (χ4v) is 7.61. The normalized spacial score (nSPS) is 15.1. The van der Waals surface area contributed by atoms with Crippen molar-refractivity contribution in [1.82, 2.24) is 9.80 Å². The summed E-state index contributed by atoms with van der Waals surface area (Å²) < 4.78 is 1.03. The molecule has 1 aromatic heterocycles. The second-order valence-corrected chi connectivity index (χ2v) is 12.3. The van der Waals surface area contributed by atoms with Crippen molar-refractivity contribution in [3.05, 3.63) is 68.0 Å². The van der Waals surface area contributed by atoms with E-state index in [0.717, 1.165) is 60.1 Å². The number of halogens is 1. The van der Waals surface area contributed by atoms with Crippen LogP contribution in [0.15, 0.2) is 42.5 Å². The molecule has 1 N–H and O–H groups in total. The number of benzene rings is 2. The van der Waals surface area contributed by atoms with Crippen LogP contribution in [-0.4, -0.2) is 41.1 Å². The lowest BCUT2D eigenvalue weighted by Crippen LogP contribution is -2.45. The smallest absolute Gasteiger partial charge is 0.120 e. The number of hydrogen-bond donors (Lipinski definition) is 1. The maximum atomic E-state index is 10.6. The molecule has 182 valence electrons. The Morgan fingerprint density at radius 3 is 2.32 bits per heavy atom. The number of nitrogens with zero attached hydrogens (tertiary/aromatic N) is 2.